The fourth-order valence-corrected chi connectivity index (χ4v) is 1.28. The Morgan fingerprint density at radius 3 is 2.53 bits per heavy atom. The van der Waals surface area contributed by atoms with Gasteiger partial charge in [0.1, 0.15) is 0 Å². The van der Waals surface area contributed by atoms with Crippen molar-refractivity contribution in [3.8, 4) is 0 Å². The first-order valence-corrected chi connectivity index (χ1v) is 5.14. The fourth-order valence-electron chi connectivity index (χ4n) is 1.28. The first kappa shape index (κ1) is 13.4. The molecular weight excluding hydrogens is 229 g/mol. The Balaban J connectivity index is 2.86. The molecule has 0 atom stereocenters. The van der Waals surface area contributed by atoms with Gasteiger partial charge in [0.25, 0.3) is 0 Å². The summed E-state index contributed by atoms with van der Waals surface area (Å²) in [6.07, 6.45) is -2.53. The van der Waals surface area contributed by atoms with Gasteiger partial charge in [-0.2, -0.15) is 13.2 Å². The van der Waals surface area contributed by atoms with Crippen LogP contribution in [-0.4, -0.2) is 6.54 Å². The van der Waals surface area contributed by atoms with Crippen LogP contribution in [0.3, 0.4) is 0 Å². The highest BCUT2D eigenvalue weighted by atomic mass is 19.4. The summed E-state index contributed by atoms with van der Waals surface area (Å²) in [4.78, 5) is 0. The summed E-state index contributed by atoms with van der Waals surface area (Å²) in [6, 6.07) is 3.81. The molecule has 0 aliphatic carbocycles. The second kappa shape index (κ2) is 5.12. The highest BCUT2D eigenvalue weighted by molar-refractivity contribution is 5.58. The Hall–Kier alpha value is -1.65. The van der Waals surface area contributed by atoms with Crippen LogP contribution in [0.25, 0.3) is 0 Å². The van der Waals surface area contributed by atoms with Gasteiger partial charge in [-0.05, 0) is 32.0 Å². The first-order valence-electron chi connectivity index (χ1n) is 5.14. The van der Waals surface area contributed by atoms with Crippen LogP contribution < -0.4 is 11.1 Å². The molecule has 0 unspecified atom stereocenters. The van der Waals surface area contributed by atoms with Gasteiger partial charge in [-0.15, -0.1) is 0 Å². The number of nitrogens with two attached hydrogens (primary N) is 1. The maximum atomic E-state index is 12.6. The number of hydrogen-bond donors (Lipinski definition) is 2. The van der Waals surface area contributed by atoms with Crippen molar-refractivity contribution >= 4 is 11.4 Å². The third-order valence-electron chi connectivity index (χ3n) is 2.18. The van der Waals surface area contributed by atoms with Crippen molar-refractivity contribution in [2.24, 2.45) is 0 Å². The predicted octanol–water partition coefficient (Wildman–Crippen LogP) is 3.67. The van der Waals surface area contributed by atoms with Crippen LogP contribution >= 0.6 is 0 Å². The molecule has 17 heavy (non-hydrogen) atoms. The molecule has 0 saturated heterocycles. The predicted molar refractivity (Wildman–Crippen MR) is 63.8 cm³/mol. The summed E-state index contributed by atoms with van der Waals surface area (Å²) >= 11 is 0. The minimum atomic E-state index is -4.42. The first-order chi connectivity index (χ1) is 7.80. The quantitative estimate of drug-likeness (QED) is 0.629. The van der Waals surface area contributed by atoms with Crippen molar-refractivity contribution in [2.45, 2.75) is 20.0 Å². The van der Waals surface area contributed by atoms with E-state index in [1.807, 2.05) is 19.9 Å². The zero-order valence-electron chi connectivity index (χ0n) is 9.73. The summed E-state index contributed by atoms with van der Waals surface area (Å²) < 4.78 is 37.7. The molecule has 0 saturated carbocycles. The number of allylic oxidation sites excluding steroid dienone is 1. The van der Waals surface area contributed by atoms with Gasteiger partial charge in [0, 0.05) is 17.9 Å². The van der Waals surface area contributed by atoms with E-state index < -0.39 is 11.7 Å². The summed E-state index contributed by atoms with van der Waals surface area (Å²) in [5.41, 5.74) is 5.74. The molecule has 2 nitrogen and oxygen atoms in total. The molecule has 0 aliphatic rings. The number of benzene rings is 1. The number of nitrogen functional groups attached to an aromatic ring is 1. The standard InChI is InChI=1S/C12H15F3N2/c1-8(2)5-6-17-9-3-4-11(16)10(7-9)12(13,14)15/h3-5,7,17H,6,16H2,1-2H3. The van der Waals surface area contributed by atoms with Gasteiger partial charge in [-0.1, -0.05) is 11.6 Å². The van der Waals surface area contributed by atoms with Crippen LogP contribution in [0.1, 0.15) is 19.4 Å². The van der Waals surface area contributed by atoms with Crippen molar-refractivity contribution in [1.82, 2.24) is 0 Å². The van der Waals surface area contributed by atoms with Gasteiger partial charge in [0.15, 0.2) is 0 Å². The van der Waals surface area contributed by atoms with Crippen molar-refractivity contribution < 1.29 is 13.2 Å². The minimum Gasteiger partial charge on any atom is -0.398 e. The van der Waals surface area contributed by atoms with E-state index in [1.54, 1.807) is 0 Å². The third kappa shape index (κ3) is 4.01. The number of alkyl halides is 3. The maximum Gasteiger partial charge on any atom is 0.418 e. The van der Waals surface area contributed by atoms with Crippen LogP contribution in [-0.2, 0) is 6.18 Å². The lowest BCUT2D eigenvalue weighted by Crippen LogP contribution is -2.10. The topological polar surface area (TPSA) is 38.0 Å². The van der Waals surface area contributed by atoms with Crippen LogP contribution in [0.15, 0.2) is 29.8 Å². The minimum absolute atomic E-state index is 0.259. The summed E-state index contributed by atoms with van der Waals surface area (Å²) in [5, 5.41) is 2.88. The second-order valence-electron chi connectivity index (χ2n) is 3.96. The molecule has 1 rings (SSSR count). The van der Waals surface area contributed by atoms with E-state index in [4.69, 9.17) is 5.73 Å². The SMILES string of the molecule is CC(C)=CCNc1ccc(N)c(C(F)(F)F)c1. The van der Waals surface area contributed by atoms with Crippen LogP contribution in [0.5, 0.6) is 0 Å². The number of nitrogens with one attached hydrogen (secondary N) is 1. The van der Waals surface area contributed by atoms with Crippen LogP contribution in [0, 0.1) is 0 Å². The molecule has 0 fully saturated rings. The van der Waals surface area contributed by atoms with Crippen molar-refractivity contribution in [1.29, 1.82) is 0 Å². The fraction of sp³-hybridized carbons (Fsp3) is 0.333. The van der Waals surface area contributed by atoms with E-state index >= 15 is 0 Å². The molecule has 5 heteroatoms. The Morgan fingerprint density at radius 1 is 1.35 bits per heavy atom. The molecule has 0 heterocycles. The summed E-state index contributed by atoms with van der Waals surface area (Å²) in [6.45, 7) is 4.33. The zero-order chi connectivity index (χ0) is 13.1. The van der Waals surface area contributed by atoms with Crippen molar-refractivity contribution in [3.05, 3.63) is 35.4 Å². The molecule has 0 spiro atoms. The summed E-state index contributed by atoms with van der Waals surface area (Å²) in [7, 11) is 0. The number of anilines is 2. The second-order valence-corrected chi connectivity index (χ2v) is 3.96. The highest BCUT2D eigenvalue weighted by Gasteiger charge is 2.33. The Labute approximate surface area is 98.3 Å². The number of hydrogen-bond acceptors (Lipinski definition) is 2. The van der Waals surface area contributed by atoms with E-state index in [2.05, 4.69) is 5.32 Å². The average Bonchev–Trinajstić information content (AvgIpc) is 2.18. The van der Waals surface area contributed by atoms with Crippen LogP contribution in [0.2, 0.25) is 0 Å². The number of halogens is 3. The van der Waals surface area contributed by atoms with E-state index in [-0.39, 0.29) is 5.69 Å². The Morgan fingerprint density at radius 2 is 2.00 bits per heavy atom. The lowest BCUT2D eigenvalue weighted by molar-refractivity contribution is -0.136. The Bertz CT molecular complexity index is 418. The van der Waals surface area contributed by atoms with Crippen molar-refractivity contribution in [3.63, 3.8) is 0 Å². The molecule has 1 aromatic carbocycles. The highest BCUT2D eigenvalue weighted by Crippen LogP contribution is 2.35. The molecule has 0 bridgehead atoms. The monoisotopic (exact) mass is 244 g/mol. The molecule has 1 aromatic rings. The van der Waals surface area contributed by atoms with Crippen LogP contribution in [0.4, 0.5) is 24.5 Å². The molecule has 0 aromatic heterocycles. The van der Waals surface area contributed by atoms with Gasteiger partial charge in [0.2, 0.25) is 0 Å². The van der Waals surface area contributed by atoms with Gasteiger partial charge < -0.3 is 11.1 Å². The van der Waals surface area contributed by atoms with Gasteiger partial charge >= 0.3 is 6.18 Å². The maximum absolute atomic E-state index is 12.6. The normalized spacial score (nSPS) is 11.1. The van der Waals surface area contributed by atoms with Gasteiger partial charge in [0.05, 0.1) is 5.56 Å². The number of rotatable bonds is 3. The Kier molecular flexibility index (Phi) is 4.04. The largest absolute Gasteiger partial charge is 0.418 e. The van der Waals surface area contributed by atoms with E-state index in [0.29, 0.717) is 12.2 Å². The molecule has 94 valence electrons. The van der Waals surface area contributed by atoms with Gasteiger partial charge in [-0.3, -0.25) is 0 Å². The molecule has 3 N–H and O–H groups in total. The van der Waals surface area contributed by atoms with E-state index in [1.165, 1.54) is 12.1 Å². The van der Waals surface area contributed by atoms with Crippen molar-refractivity contribution in [2.75, 3.05) is 17.6 Å². The van der Waals surface area contributed by atoms with E-state index in [0.717, 1.165) is 11.6 Å². The molecule has 0 aliphatic heterocycles. The molecule has 0 amide bonds. The lowest BCUT2D eigenvalue weighted by Gasteiger charge is -2.12. The van der Waals surface area contributed by atoms with E-state index in [9.17, 15) is 13.2 Å². The zero-order valence-corrected chi connectivity index (χ0v) is 9.73. The lowest BCUT2D eigenvalue weighted by atomic mass is 10.1. The van der Waals surface area contributed by atoms with Gasteiger partial charge in [-0.25, -0.2) is 0 Å². The average molecular weight is 244 g/mol. The molecular formula is C12H15F3N2. The smallest absolute Gasteiger partial charge is 0.398 e. The third-order valence-corrected chi connectivity index (χ3v) is 2.18. The molecule has 0 radical (unpaired) electrons. The summed E-state index contributed by atoms with van der Waals surface area (Å²) in [5.74, 6) is 0.